The number of nitrogens with zero attached hydrogens (tertiary/aromatic N) is 4. The molecule has 1 aliphatic heterocycles. The van der Waals surface area contributed by atoms with E-state index < -0.39 is 0 Å². The minimum Gasteiger partial charge on any atom is -0.459 e. The topological polar surface area (TPSA) is 84.2 Å². The van der Waals surface area contributed by atoms with Crippen molar-refractivity contribution in [2.45, 2.75) is 38.6 Å². The standard InChI is InChI=1S/C22H25N5O2/c1-15(2)25-22-24-14-17(18-6-3-4-10-23-18)20(26-22)16-8-11-27(12-9-16)21(28)19-7-5-13-29-19/h3-7,10,13-16H,8-9,11-12H2,1-2H3,(H,24,25,26). The highest BCUT2D eigenvalue weighted by atomic mass is 16.3. The van der Waals surface area contributed by atoms with E-state index >= 15 is 0 Å². The van der Waals surface area contributed by atoms with Crippen LogP contribution in [0.5, 0.6) is 0 Å². The molecule has 1 fully saturated rings. The van der Waals surface area contributed by atoms with Gasteiger partial charge in [0.2, 0.25) is 5.95 Å². The fourth-order valence-corrected chi connectivity index (χ4v) is 3.67. The second-order valence-electron chi connectivity index (χ2n) is 7.55. The Labute approximate surface area is 170 Å². The molecule has 4 rings (SSSR count). The molecular weight excluding hydrogens is 366 g/mol. The van der Waals surface area contributed by atoms with Gasteiger partial charge in [-0.3, -0.25) is 9.78 Å². The molecular formula is C22H25N5O2. The first kappa shape index (κ1) is 19.1. The maximum Gasteiger partial charge on any atom is 0.289 e. The number of hydrogen-bond acceptors (Lipinski definition) is 6. The second-order valence-corrected chi connectivity index (χ2v) is 7.55. The van der Waals surface area contributed by atoms with E-state index in [9.17, 15) is 4.79 Å². The Balaban J connectivity index is 1.57. The molecule has 1 aliphatic rings. The Bertz CT molecular complexity index is 949. The fraction of sp³-hybridized carbons (Fsp3) is 0.364. The summed E-state index contributed by atoms with van der Waals surface area (Å²) in [6, 6.07) is 9.55. The van der Waals surface area contributed by atoms with Crippen molar-refractivity contribution in [1.82, 2.24) is 19.9 Å². The minimum atomic E-state index is -0.0525. The number of piperidine rings is 1. The van der Waals surface area contributed by atoms with Crippen LogP contribution in [-0.2, 0) is 0 Å². The Morgan fingerprint density at radius 2 is 2.00 bits per heavy atom. The van der Waals surface area contributed by atoms with Crippen LogP contribution >= 0.6 is 0 Å². The molecule has 0 saturated carbocycles. The smallest absolute Gasteiger partial charge is 0.289 e. The molecule has 0 atom stereocenters. The SMILES string of the molecule is CC(C)Nc1ncc(-c2ccccn2)c(C2CCN(C(=O)c3ccco3)CC2)n1. The highest BCUT2D eigenvalue weighted by Gasteiger charge is 2.28. The average Bonchev–Trinajstić information content (AvgIpc) is 3.28. The number of carbonyl (C=O) groups excluding carboxylic acids is 1. The summed E-state index contributed by atoms with van der Waals surface area (Å²) in [6.45, 7) is 5.47. The summed E-state index contributed by atoms with van der Waals surface area (Å²) in [4.78, 5) is 28.2. The summed E-state index contributed by atoms with van der Waals surface area (Å²) >= 11 is 0. The Morgan fingerprint density at radius 3 is 2.66 bits per heavy atom. The lowest BCUT2D eigenvalue weighted by Crippen LogP contribution is -2.38. The van der Waals surface area contributed by atoms with Crippen LogP contribution in [0.4, 0.5) is 5.95 Å². The maximum absolute atomic E-state index is 12.6. The first-order chi connectivity index (χ1) is 14.1. The molecule has 7 nitrogen and oxygen atoms in total. The number of furan rings is 1. The predicted octanol–water partition coefficient (Wildman–Crippen LogP) is 3.97. The lowest BCUT2D eigenvalue weighted by Gasteiger charge is -2.32. The van der Waals surface area contributed by atoms with Gasteiger partial charge in [-0.05, 0) is 51.0 Å². The number of amides is 1. The van der Waals surface area contributed by atoms with Crippen LogP contribution in [0.15, 0.2) is 53.4 Å². The van der Waals surface area contributed by atoms with Crippen molar-refractivity contribution in [1.29, 1.82) is 0 Å². The summed E-state index contributed by atoms with van der Waals surface area (Å²) in [6.07, 6.45) is 6.85. The number of aromatic nitrogens is 3. The number of likely N-dealkylation sites (tertiary alicyclic amines) is 1. The average molecular weight is 391 g/mol. The zero-order valence-corrected chi connectivity index (χ0v) is 16.7. The molecule has 3 aromatic rings. The van der Waals surface area contributed by atoms with E-state index in [-0.39, 0.29) is 17.9 Å². The number of rotatable bonds is 5. The first-order valence-electron chi connectivity index (χ1n) is 9.99. The molecule has 1 amide bonds. The summed E-state index contributed by atoms with van der Waals surface area (Å²) in [5.74, 6) is 1.21. The summed E-state index contributed by atoms with van der Waals surface area (Å²) < 4.78 is 5.26. The Hall–Kier alpha value is -3.22. The van der Waals surface area contributed by atoms with Crippen LogP contribution in [0.1, 0.15) is 48.9 Å². The molecule has 0 spiro atoms. The van der Waals surface area contributed by atoms with Gasteiger partial charge in [-0.25, -0.2) is 9.97 Å². The zero-order valence-electron chi connectivity index (χ0n) is 16.7. The van der Waals surface area contributed by atoms with Crippen molar-refractivity contribution in [3.63, 3.8) is 0 Å². The third-order valence-corrected chi connectivity index (χ3v) is 5.08. The number of pyridine rings is 1. The van der Waals surface area contributed by atoms with Gasteiger partial charge in [-0.2, -0.15) is 0 Å². The van der Waals surface area contributed by atoms with Crippen LogP contribution in [0.3, 0.4) is 0 Å². The zero-order chi connectivity index (χ0) is 20.2. The van der Waals surface area contributed by atoms with Crippen LogP contribution in [0, 0.1) is 0 Å². The number of nitrogens with one attached hydrogen (secondary N) is 1. The summed E-state index contributed by atoms with van der Waals surface area (Å²) in [7, 11) is 0. The molecule has 0 aliphatic carbocycles. The number of hydrogen-bond donors (Lipinski definition) is 1. The number of anilines is 1. The molecule has 3 aromatic heterocycles. The normalized spacial score (nSPS) is 14.9. The highest BCUT2D eigenvalue weighted by molar-refractivity contribution is 5.91. The van der Waals surface area contributed by atoms with Gasteiger partial charge in [-0.1, -0.05) is 6.07 Å². The molecule has 0 radical (unpaired) electrons. The van der Waals surface area contributed by atoms with E-state index in [1.165, 1.54) is 6.26 Å². The lowest BCUT2D eigenvalue weighted by molar-refractivity contribution is 0.0680. The van der Waals surface area contributed by atoms with E-state index in [4.69, 9.17) is 9.40 Å². The molecule has 1 N–H and O–H groups in total. The number of carbonyl (C=O) groups is 1. The van der Waals surface area contributed by atoms with E-state index in [1.807, 2.05) is 29.3 Å². The monoisotopic (exact) mass is 391 g/mol. The van der Waals surface area contributed by atoms with Gasteiger partial charge in [0.25, 0.3) is 5.91 Å². The van der Waals surface area contributed by atoms with Crippen LogP contribution in [-0.4, -0.2) is 44.9 Å². The van der Waals surface area contributed by atoms with E-state index in [2.05, 4.69) is 29.1 Å². The van der Waals surface area contributed by atoms with Gasteiger partial charge < -0.3 is 14.6 Å². The Morgan fingerprint density at radius 1 is 1.17 bits per heavy atom. The van der Waals surface area contributed by atoms with E-state index in [0.717, 1.165) is 29.8 Å². The molecule has 7 heteroatoms. The van der Waals surface area contributed by atoms with E-state index in [0.29, 0.717) is 24.8 Å². The van der Waals surface area contributed by atoms with Gasteiger partial charge in [0.15, 0.2) is 5.76 Å². The van der Waals surface area contributed by atoms with Gasteiger partial charge in [-0.15, -0.1) is 0 Å². The van der Waals surface area contributed by atoms with Crippen LogP contribution < -0.4 is 5.32 Å². The van der Waals surface area contributed by atoms with Crippen molar-refractivity contribution in [2.75, 3.05) is 18.4 Å². The third kappa shape index (κ3) is 4.29. The molecule has 0 unspecified atom stereocenters. The van der Waals surface area contributed by atoms with Gasteiger partial charge in [0, 0.05) is 43.0 Å². The predicted molar refractivity (Wildman–Crippen MR) is 111 cm³/mol. The summed E-state index contributed by atoms with van der Waals surface area (Å²) in [5, 5.41) is 3.29. The molecule has 1 saturated heterocycles. The molecule has 29 heavy (non-hydrogen) atoms. The van der Waals surface area contributed by atoms with Crippen molar-refractivity contribution in [2.24, 2.45) is 0 Å². The van der Waals surface area contributed by atoms with Gasteiger partial charge in [0.1, 0.15) is 0 Å². The van der Waals surface area contributed by atoms with Crippen molar-refractivity contribution >= 4 is 11.9 Å². The van der Waals surface area contributed by atoms with Crippen LogP contribution in [0.2, 0.25) is 0 Å². The maximum atomic E-state index is 12.6. The highest BCUT2D eigenvalue weighted by Crippen LogP contribution is 2.34. The van der Waals surface area contributed by atoms with Crippen molar-refractivity contribution in [3.8, 4) is 11.3 Å². The largest absolute Gasteiger partial charge is 0.459 e. The molecule has 0 bridgehead atoms. The van der Waals surface area contributed by atoms with Gasteiger partial charge in [0.05, 0.1) is 17.7 Å². The minimum absolute atomic E-state index is 0.0525. The molecule has 0 aromatic carbocycles. The summed E-state index contributed by atoms with van der Waals surface area (Å²) in [5.41, 5.74) is 2.82. The fourth-order valence-electron chi connectivity index (χ4n) is 3.67. The first-order valence-corrected chi connectivity index (χ1v) is 9.99. The second kappa shape index (κ2) is 8.43. The van der Waals surface area contributed by atoms with Crippen LogP contribution in [0.25, 0.3) is 11.3 Å². The molecule has 150 valence electrons. The third-order valence-electron chi connectivity index (χ3n) is 5.08. The van der Waals surface area contributed by atoms with Gasteiger partial charge >= 0.3 is 0 Å². The molecule has 4 heterocycles. The van der Waals surface area contributed by atoms with E-state index in [1.54, 1.807) is 18.3 Å². The Kier molecular flexibility index (Phi) is 5.55. The lowest BCUT2D eigenvalue weighted by atomic mass is 9.90. The van der Waals surface area contributed by atoms with Crippen molar-refractivity contribution < 1.29 is 9.21 Å². The van der Waals surface area contributed by atoms with Crippen molar-refractivity contribution in [3.05, 3.63) is 60.4 Å². The quantitative estimate of drug-likeness (QED) is 0.708.